The number of thiazole rings is 1. The maximum Gasteiger partial charge on any atom is 0.228 e. The summed E-state index contributed by atoms with van der Waals surface area (Å²) in [7, 11) is 1.77. The predicted octanol–water partition coefficient (Wildman–Crippen LogP) is 1.87. The zero-order valence-electron chi connectivity index (χ0n) is 12.9. The van der Waals surface area contributed by atoms with Gasteiger partial charge in [0.05, 0.1) is 12.1 Å². The molecule has 6 nitrogen and oxygen atoms in total. The van der Waals surface area contributed by atoms with Gasteiger partial charge in [0, 0.05) is 44.3 Å². The maximum atomic E-state index is 12.3. The number of pyridine rings is 1. The Morgan fingerprint density at radius 1 is 1.48 bits per heavy atom. The third kappa shape index (κ3) is 3.73. The molecule has 120 valence electrons. The van der Waals surface area contributed by atoms with Crippen molar-refractivity contribution in [3.8, 4) is 0 Å². The lowest BCUT2D eigenvalue weighted by Gasteiger charge is -2.16. The molecule has 0 radical (unpaired) electrons. The van der Waals surface area contributed by atoms with Crippen molar-refractivity contribution in [1.29, 1.82) is 0 Å². The number of amides is 2. The highest BCUT2D eigenvalue weighted by atomic mass is 32.1. The van der Waals surface area contributed by atoms with Gasteiger partial charge in [-0.15, -0.1) is 11.3 Å². The normalized spacial score (nSPS) is 14.3. The molecule has 0 spiro atoms. The fourth-order valence-electron chi connectivity index (χ4n) is 2.50. The van der Waals surface area contributed by atoms with Gasteiger partial charge in [0.15, 0.2) is 5.13 Å². The van der Waals surface area contributed by atoms with Crippen molar-refractivity contribution in [3.05, 3.63) is 41.2 Å². The highest BCUT2D eigenvalue weighted by Gasteiger charge is 2.24. The molecule has 0 atom stereocenters. The molecule has 23 heavy (non-hydrogen) atoms. The van der Waals surface area contributed by atoms with E-state index in [1.807, 2.05) is 17.5 Å². The summed E-state index contributed by atoms with van der Waals surface area (Å²) in [6, 6.07) is 3.80. The van der Waals surface area contributed by atoms with Crippen molar-refractivity contribution in [2.45, 2.75) is 25.8 Å². The Balaban J connectivity index is 1.59. The van der Waals surface area contributed by atoms with Crippen LogP contribution in [0.5, 0.6) is 0 Å². The molecule has 0 N–H and O–H groups in total. The fraction of sp³-hybridized carbons (Fsp3) is 0.375. The summed E-state index contributed by atoms with van der Waals surface area (Å²) in [5, 5.41) is 2.56. The molecular formula is C16H18N4O2S. The van der Waals surface area contributed by atoms with Crippen LogP contribution < -0.4 is 4.90 Å². The van der Waals surface area contributed by atoms with Gasteiger partial charge in [-0.25, -0.2) is 4.98 Å². The number of nitrogens with zero attached hydrogens (tertiary/aromatic N) is 4. The molecule has 1 saturated heterocycles. The number of anilines is 1. The summed E-state index contributed by atoms with van der Waals surface area (Å²) in [5.74, 6) is 0.115. The third-order valence-corrected chi connectivity index (χ3v) is 4.66. The largest absolute Gasteiger partial charge is 0.341 e. The number of hydrogen-bond donors (Lipinski definition) is 0. The van der Waals surface area contributed by atoms with Crippen LogP contribution in [0.4, 0.5) is 5.13 Å². The first-order valence-corrected chi connectivity index (χ1v) is 8.39. The predicted molar refractivity (Wildman–Crippen MR) is 88.1 cm³/mol. The number of carbonyl (C=O) groups is 2. The summed E-state index contributed by atoms with van der Waals surface area (Å²) in [6.45, 7) is 1.24. The number of likely N-dealkylation sites (N-methyl/N-ethyl adjacent to an activating group) is 1. The minimum atomic E-state index is -0.00143. The Morgan fingerprint density at radius 3 is 3.04 bits per heavy atom. The van der Waals surface area contributed by atoms with Crippen LogP contribution in [0.15, 0.2) is 29.9 Å². The lowest BCUT2D eigenvalue weighted by atomic mass is 10.2. The Labute approximate surface area is 138 Å². The number of rotatable bonds is 5. The lowest BCUT2D eigenvalue weighted by molar-refractivity contribution is -0.129. The van der Waals surface area contributed by atoms with E-state index in [1.165, 1.54) is 11.3 Å². The molecule has 0 saturated carbocycles. The third-order valence-electron chi connectivity index (χ3n) is 3.74. The monoisotopic (exact) mass is 330 g/mol. The molecule has 2 aromatic heterocycles. The Bertz CT molecular complexity index is 701. The maximum absolute atomic E-state index is 12.3. The molecule has 1 fully saturated rings. The van der Waals surface area contributed by atoms with Crippen molar-refractivity contribution in [2.24, 2.45) is 0 Å². The number of aromatic nitrogens is 2. The molecular weight excluding hydrogens is 312 g/mol. The van der Waals surface area contributed by atoms with E-state index in [-0.39, 0.29) is 18.2 Å². The van der Waals surface area contributed by atoms with E-state index in [1.54, 1.807) is 29.2 Å². The molecule has 0 bridgehead atoms. The zero-order chi connectivity index (χ0) is 16.2. The summed E-state index contributed by atoms with van der Waals surface area (Å²) in [4.78, 5) is 35.9. The minimum absolute atomic E-state index is 0.00143. The molecule has 1 aliphatic rings. The van der Waals surface area contributed by atoms with Crippen LogP contribution >= 0.6 is 11.3 Å². The molecule has 3 rings (SSSR count). The standard InChI is InChI=1S/C16H18N4O2S/c1-19(10-12-4-2-6-17-9-12)15(22)8-13-11-23-16(18-13)20-7-3-5-14(20)21/h2,4,6,9,11H,3,5,7-8,10H2,1H3. The van der Waals surface area contributed by atoms with Crippen molar-refractivity contribution < 1.29 is 9.59 Å². The highest BCUT2D eigenvalue weighted by Crippen LogP contribution is 2.25. The molecule has 2 amide bonds. The fourth-order valence-corrected chi connectivity index (χ4v) is 3.36. The van der Waals surface area contributed by atoms with E-state index in [4.69, 9.17) is 0 Å². The molecule has 3 heterocycles. The second kappa shape index (κ2) is 6.87. The van der Waals surface area contributed by atoms with Crippen molar-refractivity contribution in [3.63, 3.8) is 0 Å². The van der Waals surface area contributed by atoms with Crippen molar-refractivity contribution in [1.82, 2.24) is 14.9 Å². The smallest absolute Gasteiger partial charge is 0.228 e. The van der Waals surface area contributed by atoms with E-state index in [2.05, 4.69) is 9.97 Å². The summed E-state index contributed by atoms with van der Waals surface area (Å²) in [5.41, 5.74) is 1.71. The van der Waals surface area contributed by atoms with Gasteiger partial charge in [-0.1, -0.05) is 6.07 Å². The SMILES string of the molecule is CN(Cc1cccnc1)C(=O)Cc1csc(N2CCCC2=O)n1. The van der Waals surface area contributed by atoms with Crippen LogP contribution in [0.1, 0.15) is 24.1 Å². The van der Waals surface area contributed by atoms with Gasteiger partial charge in [-0.2, -0.15) is 0 Å². The number of carbonyl (C=O) groups excluding carboxylic acids is 2. The first-order valence-electron chi connectivity index (χ1n) is 7.51. The van der Waals surface area contributed by atoms with Gasteiger partial charge in [-0.3, -0.25) is 19.5 Å². The van der Waals surface area contributed by atoms with Crippen LogP contribution in [-0.4, -0.2) is 40.3 Å². The van der Waals surface area contributed by atoms with E-state index >= 15 is 0 Å². The summed E-state index contributed by atoms with van der Waals surface area (Å²) < 4.78 is 0. The molecule has 1 aliphatic heterocycles. The molecule has 0 aliphatic carbocycles. The number of hydrogen-bond acceptors (Lipinski definition) is 5. The molecule has 7 heteroatoms. The average molecular weight is 330 g/mol. The average Bonchev–Trinajstić information content (AvgIpc) is 3.17. The first-order chi connectivity index (χ1) is 11.1. The Morgan fingerprint density at radius 2 is 2.35 bits per heavy atom. The lowest BCUT2D eigenvalue weighted by Crippen LogP contribution is -2.28. The second-order valence-electron chi connectivity index (χ2n) is 5.56. The second-order valence-corrected chi connectivity index (χ2v) is 6.39. The van der Waals surface area contributed by atoms with E-state index in [0.29, 0.717) is 23.8 Å². The summed E-state index contributed by atoms with van der Waals surface area (Å²) >= 11 is 1.42. The van der Waals surface area contributed by atoms with Gasteiger partial charge in [0.1, 0.15) is 0 Å². The summed E-state index contributed by atoms with van der Waals surface area (Å²) in [6.07, 6.45) is 5.17. The van der Waals surface area contributed by atoms with E-state index in [9.17, 15) is 9.59 Å². The van der Waals surface area contributed by atoms with E-state index < -0.39 is 0 Å². The molecule has 2 aromatic rings. The van der Waals surface area contributed by atoms with Crippen LogP contribution in [-0.2, 0) is 22.6 Å². The topological polar surface area (TPSA) is 66.4 Å². The zero-order valence-corrected chi connectivity index (χ0v) is 13.8. The first kappa shape index (κ1) is 15.6. The van der Waals surface area contributed by atoms with Crippen molar-refractivity contribution in [2.75, 3.05) is 18.5 Å². The van der Waals surface area contributed by atoms with Crippen LogP contribution in [0.2, 0.25) is 0 Å². The van der Waals surface area contributed by atoms with Crippen LogP contribution in [0.3, 0.4) is 0 Å². The van der Waals surface area contributed by atoms with Gasteiger partial charge in [0.2, 0.25) is 11.8 Å². The Hall–Kier alpha value is -2.28. The van der Waals surface area contributed by atoms with Gasteiger partial charge in [0.25, 0.3) is 0 Å². The molecule has 0 unspecified atom stereocenters. The van der Waals surface area contributed by atoms with Crippen LogP contribution in [0.25, 0.3) is 0 Å². The molecule has 0 aromatic carbocycles. The minimum Gasteiger partial charge on any atom is -0.341 e. The van der Waals surface area contributed by atoms with Gasteiger partial charge >= 0.3 is 0 Å². The highest BCUT2D eigenvalue weighted by molar-refractivity contribution is 7.14. The van der Waals surface area contributed by atoms with Gasteiger partial charge in [-0.05, 0) is 18.1 Å². The van der Waals surface area contributed by atoms with Crippen LogP contribution in [0, 0.1) is 0 Å². The van der Waals surface area contributed by atoms with Gasteiger partial charge < -0.3 is 4.90 Å². The van der Waals surface area contributed by atoms with E-state index in [0.717, 1.165) is 18.5 Å². The van der Waals surface area contributed by atoms with Crippen molar-refractivity contribution >= 4 is 28.3 Å². The quantitative estimate of drug-likeness (QED) is 0.839. The Kier molecular flexibility index (Phi) is 4.66.